The molecule has 0 bridgehead atoms. The van der Waals surface area contributed by atoms with Crippen molar-refractivity contribution in [3.8, 4) is 5.75 Å². The third-order valence-corrected chi connectivity index (χ3v) is 2.74. The summed E-state index contributed by atoms with van der Waals surface area (Å²) in [6.45, 7) is 1.80. The van der Waals surface area contributed by atoms with Gasteiger partial charge in [-0.3, -0.25) is 10.1 Å². The molecule has 19 heavy (non-hydrogen) atoms. The van der Waals surface area contributed by atoms with Gasteiger partial charge in [-0.15, -0.1) is 0 Å². The van der Waals surface area contributed by atoms with Crippen LogP contribution in [0.5, 0.6) is 5.75 Å². The zero-order valence-corrected chi connectivity index (χ0v) is 10.9. The van der Waals surface area contributed by atoms with Crippen molar-refractivity contribution < 1.29 is 9.66 Å². The Bertz CT molecular complexity index is 617. The molecule has 2 aromatic rings. The molecule has 1 heterocycles. The van der Waals surface area contributed by atoms with E-state index in [0.717, 1.165) is 0 Å². The van der Waals surface area contributed by atoms with Crippen LogP contribution < -0.4 is 4.74 Å². The number of aromatic nitrogens is 1. The van der Waals surface area contributed by atoms with Gasteiger partial charge in [0.1, 0.15) is 11.8 Å². The lowest BCUT2D eigenvalue weighted by Crippen LogP contribution is -2.02. The van der Waals surface area contributed by atoms with Crippen molar-refractivity contribution in [2.24, 2.45) is 0 Å². The van der Waals surface area contributed by atoms with Gasteiger partial charge in [-0.25, -0.2) is 4.98 Å². The number of nitrogens with zero attached hydrogens (tertiary/aromatic N) is 2. The van der Waals surface area contributed by atoms with Crippen LogP contribution in [0.25, 0.3) is 0 Å². The molecule has 6 heteroatoms. The molecule has 0 N–H and O–H groups in total. The minimum absolute atomic E-state index is 0.0236. The first-order valence-corrected chi connectivity index (χ1v) is 5.94. The number of halogens is 1. The minimum Gasteiger partial charge on any atom is -0.480 e. The highest BCUT2D eigenvalue weighted by Gasteiger charge is 2.18. The summed E-state index contributed by atoms with van der Waals surface area (Å²) in [4.78, 5) is 14.6. The molecular formula is C13H11ClN2O3. The summed E-state index contributed by atoms with van der Waals surface area (Å²) in [5.41, 5.74) is 1.15. The van der Waals surface area contributed by atoms with Gasteiger partial charge in [-0.2, -0.15) is 0 Å². The molecule has 98 valence electrons. The van der Waals surface area contributed by atoms with Crippen LogP contribution in [-0.4, -0.2) is 9.91 Å². The van der Waals surface area contributed by atoms with E-state index >= 15 is 0 Å². The fraction of sp³-hybridized carbons (Fsp3) is 0.154. The molecule has 0 saturated carbocycles. The Hall–Kier alpha value is -2.14. The van der Waals surface area contributed by atoms with Crippen molar-refractivity contribution in [2.45, 2.75) is 13.5 Å². The van der Waals surface area contributed by atoms with Crippen molar-refractivity contribution in [1.82, 2.24) is 4.98 Å². The molecule has 0 saturated heterocycles. The fourth-order valence-corrected chi connectivity index (χ4v) is 1.85. The fourth-order valence-electron chi connectivity index (χ4n) is 1.66. The molecule has 5 nitrogen and oxygen atoms in total. The monoisotopic (exact) mass is 278 g/mol. The first-order chi connectivity index (χ1) is 9.08. The topological polar surface area (TPSA) is 65.3 Å². The Morgan fingerprint density at radius 2 is 2.05 bits per heavy atom. The lowest BCUT2D eigenvalue weighted by Gasteiger charge is -2.07. The van der Waals surface area contributed by atoms with E-state index in [2.05, 4.69) is 4.98 Å². The molecule has 2 rings (SSSR count). The summed E-state index contributed by atoms with van der Waals surface area (Å²) in [6, 6.07) is 10.1. The van der Waals surface area contributed by atoms with Gasteiger partial charge in [-0.05, 0) is 25.1 Å². The Morgan fingerprint density at radius 1 is 1.32 bits per heavy atom. The Balaban J connectivity index is 2.20. The average Bonchev–Trinajstić information content (AvgIpc) is 2.36. The number of pyridine rings is 1. The van der Waals surface area contributed by atoms with Crippen molar-refractivity contribution >= 4 is 17.3 Å². The summed E-state index contributed by atoms with van der Waals surface area (Å²) in [5.74, 6) is 0.228. The first-order valence-electron chi connectivity index (χ1n) is 5.56. The molecule has 0 aliphatic rings. The van der Waals surface area contributed by atoms with Crippen LogP contribution in [0.4, 0.5) is 5.69 Å². The number of nitro groups is 1. The van der Waals surface area contributed by atoms with E-state index in [4.69, 9.17) is 16.3 Å². The maximum atomic E-state index is 11.0. The zero-order chi connectivity index (χ0) is 13.8. The summed E-state index contributed by atoms with van der Waals surface area (Å²) < 4.78 is 5.46. The Kier molecular flexibility index (Phi) is 3.97. The van der Waals surface area contributed by atoms with Crippen LogP contribution >= 0.6 is 11.6 Å². The van der Waals surface area contributed by atoms with Crippen LogP contribution in [0.2, 0.25) is 5.15 Å². The smallest absolute Gasteiger partial charge is 0.313 e. The maximum absolute atomic E-state index is 11.0. The van der Waals surface area contributed by atoms with Crippen LogP contribution in [0.3, 0.4) is 0 Å². The van der Waals surface area contributed by atoms with Gasteiger partial charge >= 0.3 is 5.69 Å². The number of para-hydroxylation sites is 1. The lowest BCUT2D eigenvalue weighted by atomic mass is 10.2. The molecule has 0 aliphatic carbocycles. The van der Waals surface area contributed by atoms with Gasteiger partial charge < -0.3 is 4.74 Å². The summed E-state index contributed by atoms with van der Waals surface area (Å²) >= 11 is 5.76. The van der Waals surface area contributed by atoms with E-state index in [1.165, 1.54) is 0 Å². The van der Waals surface area contributed by atoms with Gasteiger partial charge in [0.15, 0.2) is 5.75 Å². The van der Waals surface area contributed by atoms with Gasteiger partial charge in [-0.1, -0.05) is 29.8 Å². The standard InChI is InChI=1S/C13H11ClN2O3/c1-9-4-2-6-11(13(9)16(17)18)19-8-10-5-3-7-12(14)15-10/h2-7H,8H2,1H3. The normalized spacial score (nSPS) is 10.2. The van der Waals surface area contributed by atoms with Crippen LogP contribution in [0, 0.1) is 17.0 Å². The molecule has 0 unspecified atom stereocenters. The summed E-state index contributed by atoms with van der Waals surface area (Å²) in [5, 5.41) is 11.4. The summed E-state index contributed by atoms with van der Waals surface area (Å²) in [6.07, 6.45) is 0. The quantitative estimate of drug-likeness (QED) is 0.487. The minimum atomic E-state index is -0.448. The molecular weight excluding hydrogens is 268 g/mol. The zero-order valence-electron chi connectivity index (χ0n) is 10.2. The predicted octanol–water partition coefficient (Wildman–Crippen LogP) is 3.53. The predicted molar refractivity (Wildman–Crippen MR) is 71.4 cm³/mol. The number of hydrogen-bond acceptors (Lipinski definition) is 4. The number of benzene rings is 1. The van der Waals surface area contributed by atoms with Crippen LogP contribution in [0.15, 0.2) is 36.4 Å². The van der Waals surface area contributed by atoms with Gasteiger partial charge in [0, 0.05) is 5.56 Å². The van der Waals surface area contributed by atoms with E-state index in [9.17, 15) is 10.1 Å². The third kappa shape index (κ3) is 3.20. The molecule has 0 spiro atoms. The van der Waals surface area contributed by atoms with Gasteiger partial charge in [0.2, 0.25) is 0 Å². The first kappa shape index (κ1) is 13.3. The highest BCUT2D eigenvalue weighted by atomic mass is 35.5. The van der Waals surface area contributed by atoms with Crippen LogP contribution in [0.1, 0.15) is 11.3 Å². The summed E-state index contributed by atoms with van der Waals surface area (Å²) in [7, 11) is 0. The van der Waals surface area contributed by atoms with E-state index in [1.807, 2.05) is 0 Å². The third-order valence-electron chi connectivity index (χ3n) is 2.53. The molecule has 0 radical (unpaired) electrons. The Morgan fingerprint density at radius 3 is 2.74 bits per heavy atom. The SMILES string of the molecule is Cc1cccc(OCc2cccc(Cl)n2)c1[N+](=O)[O-]. The molecule has 0 fully saturated rings. The van der Waals surface area contributed by atoms with Crippen molar-refractivity contribution in [3.63, 3.8) is 0 Å². The van der Waals surface area contributed by atoms with Gasteiger partial charge in [0.25, 0.3) is 0 Å². The van der Waals surface area contributed by atoms with Gasteiger partial charge in [0.05, 0.1) is 10.6 Å². The van der Waals surface area contributed by atoms with Crippen molar-refractivity contribution in [2.75, 3.05) is 0 Å². The lowest BCUT2D eigenvalue weighted by molar-refractivity contribution is -0.386. The molecule has 0 atom stereocenters. The number of aryl methyl sites for hydroxylation is 1. The largest absolute Gasteiger partial charge is 0.480 e. The number of ether oxygens (including phenoxy) is 1. The molecule has 1 aromatic heterocycles. The van der Waals surface area contributed by atoms with E-state index < -0.39 is 4.92 Å². The highest BCUT2D eigenvalue weighted by Crippen LogP contribution is 2.30. The van der Waals surface area contributed by atoms with E-state index in [1.54, 1.807) is 43.3 Å². The molecule has 0 amide bonds. The maximum Gasteiger partial charge on any atom is 0.313 e. The molecule has 1 aromatic carbocycles. The van der Waals surface area contributed by atoms with E-state index in [-0.39, 0.29) is 18.0 Å². The van der Waals surface area contributed by atoms with E-state index in [0.29, 0.717) is 16.4 Å². The second kappa shape index (κ2) is 5.67. The van der Waals surface area contributed by atoms with Crippen molar-refractivity contribution in [3.05, 3.63) is 62.9 Å². The second-order valence-electron chi connectivity index (χ2n) is 3.92. The molecule has 0 aliphatic heterocycles. The highest BCUT2D eigenvalue weighted by molar-refractivity contribution is 6.29. The second-order valence-corrected chi connectivity index (χ2v) is 4.31. The van der Waals surface area contributed by atoms with Crippen LogP contribution in [-0.2, 0) is 6.61 Å². The number of rotatable bonds is 4. The Labute approximate surface area is 115 Å². The number of nitro benzene ring substituents is 1. The average molecular weight is 279 g/mol. The van der Waals surface area contributed by atoms with Crippen molar-refractivity contribution in [1.29, 1.82) is 0 Å². The number of hydrogen-bond donors (Lipinski definition) is 0.